The minimum atomic E-state index is 0.308. The van der Waals surface area contributed by atoms with E-state index in [1.807, 2.05) is 41.4 Å². The molecule has 0 radical (unpaired) electrons. The number of benzene rings is 1. The van der Waals surface area contributed by atoms with Gasteiger partial charge in [0, 0.05) is 31.9 Å². The maximum Gasteiger partial charge on any atom is 0.320 e. The van der Waals surface area contributed by atoms with Gasteiger partial charge >= 0.3 is 6.01 Å². The number of ether oxygens (including phenoxy) is 2. The molecule has 0 saturated carbocycles. The average molecular weight is 407 g/mol. The molecule has 1 aromatic carbocycles. The molecule has 148 valence electrons. The van der Waals surface area contributed by atoms with Gasteiger partial charge in [-0.3, -0.25) is 0 Å². The lowest BCUT2D eigenvalue weighted by atomic mass is 10.2. The highest BCUT2D eigenvalue weighted by Crippen LogP contribution is 2.30. The Morgan fingerprint density at radius 2 is 1.90 bits per heavy atom. The third kappa shape index (κ3) is 3.68. The maximum atomic E-state index is 5.97. The van der Waals surface area contributed by atoms with Crippen molar-refractivity contribution in [2.45, 2.75) is 6.61 Å². The lowest BCUT2D eigenvalue weighted by Gasteiger charge is -2.28. The molecule has 4 heterocycles. The van der Waals surface area contributed by atoms with Crippen molar-refractivity contribution in [3.05, 3.63) is 53.8 Å². The Balaban J connectivity index is 1.39. The van der Waals surface area contributed by atoms with Crippen molar-refractivity contribution in [1.82, 2.24) is 19.5 Å². The first-order chi connectivity index (χ1) is 14.3. The number of aryl methyl sites for hydroxylation is 1. The summed E-state index contributed by atoms with van der Waals surface area (Å²) in [4.78, 5) is 17.2. The van der Waals surface area contributed by atoms with Crippen LogP contribution < -0.4 is 9.64 Å². The second-order valence-electron chi connectivity index (χ2n) is 6.88. The van der Waals surface area contributed by atoms with Gasteiger partial charge in [0.05, 0.1) is 24.3 Å². The molecule has 0 bridgehead atoms. The van der Waals surface area contributed by atoms with E-state index < -0.39 is 0 Å². The van der Waals surface area contributed by atoms with Gasteiger partial charge in [0.15, 0.2) is 0 Å². The summed E-state index contributed by atoms with van der Waals surface area (Å²) in [5, 5.41) is 3.10. The molecule has 0 aliphatic carbocycles. The summed E-state index contributed by atoms with van der Waals surface area (Å²) in [6.45, 7) is 3.37. The van der Waals surface area contributed by atoms with Crippen molar-refractivity contribution < 1.29 is 9.47 Å². The Kier molecular flexibility index (Phi) is 4.87. The number of aromatic nitrogens is 4. The third-order valence-corrected chi connectivity index (χ3v) is 5.77. The zero-order valence-corrected chi connectivity index (χ0v) is 16.9. The summed E-state index contributed by atoms with van der Waals surface area (Å²) in [5.41, 5.74) is 2.01. The lowest BCUT2D eigenvalue weighted by Crippen LogP contribution is -2.36. The van der Waals surface area contributed by atoms with E-state index in [1.54, 1.807) is 11.3 Å². The Morgan fingerprint density at radius 1 is 1.07 bits per heavy atom. The van der Waals surface area contributed by atoms with Gasteiger partial charge in [-0.15, -0.1) is 11.3 Å². The summed E-state index contributed by atoms with van der Waals surface area (Å²) >= 11 is 1.60. The first kappa shape index (κ1) is 18.1. The summed E-state index contributed by atoms with van der Waals surface area (Å²) in [7, 11) is 1.97. The molecule has 5 rings (SSSR count). The Morgan fingerprint density at radius 3 is 2.72 bits per heavy atom. The minimum absolute atomic E-state index is 0.308. The number of nitrogens with zero attached hydrogens (tertiary/aromatic N) is 5. The zero-order chi connectivity index (χ0) is 19.6. The van der Waals surface area contributed by atoms with Crippen LogP contribution in [0.4, 0.5) is 5.82 Å². The number of fused-ring (bicyclic) bond motifs is 1. The Bertz CT molecular complexity index is 1120. The van der Waals surface area contributed by atoms with Crippen LogP contribution in [0, 0.1) is 0 Å². The van der Waals surface area contributed by atoms with Crippen molar-refractivity contribution >= 4 is 27.4 Å². The second-order valence-corrected chi connectivity index (χ2v) is 7.77. The van der Waals surface area contributed by atoms with Crippen LogP contribution in [0.15, 0.2) is 48.0 Å². The molecule has 0 unspecified atom stereocenters. The number of anilines is 1. The fraction of sp³-hybridized carbons (Fsp3) is 0.286. The van der Waals surface area contributed by atoms with Crippen LogP contribution in [0.3, 0.4) is 0 Å². The molecule has 29 heavy (non-hydrogen) atoms. The molecule has 1 saturated heterocycles. The van der Waals surface area contributed by atoms with Crippen molar-refractivity contribution in [2.75, 3.05) is 31.2 Å². The second kappa shape index (κ2) is 7.81. The van der Waals surface area contributed by atoms with Crippen LogP contribution in [-0.2, 0) is 18.4 Å². The number of hydrogen-bond acceptors (Lipinski definition) is 7. The SMILES string of the molecule is Cn1cc(-c2ccccc2)nc1COc1nc(N2CCOCC2)c2ccsc2n1. The molecule has 1 fully saturated rings. The molecule has 3 aromatic heterocycles. The standard InChI is InChI=1S/C21H21N5O2S/c1-25-13-17(15-5-3-2-4-6-15)22-18(25)14-28-21-23-19(26-8-10-27-11-9-26)16-7-12-29-20(16)24-21/h2-7,12-13H,8-11,14H2,1H3. The van der Waals surface area contributed by atoms with Crippen LogP contribution >= 0.6 is 11.3 Å². The van der Waals surface area contributed by atoms with E-state index in [-0.39, 0.29) is 0 Å². The van der Waals surface area contributed by atoms with E-state index in [9.17, 15) is 0 Å². The van der Waals surface area contributed by atoms with Crippen molar-refractivity contribution in [1.29, 1.82) is 0 Å². The molecule has 7 nitrogen and oxygen atoms in total. The molecule has 0 spiro atoms. The fourth-order valence-corrected chi connectivity index (χ4v) is 4.17. The summed E-state index contributed by atoms with van der Waals surface area (Å²) in [6, 6.07) is 12.6. The predicted octanol–water partition coefficient (Wildman–Crippen LogP) is 3.51. The average Bonchev–Trinajstić information content (AvgIpc) is 3.39. The van der Waals surface area contributed by atoms with Crippen LogP contribution in [0.1, 0.15) is 5.82 Å². The third-order valence-electron chi connectivity index (χ3n) is 4.97. The van der Waals surface area contributed by atoms with E-state index in [2.05, 4.69) is 28.1 Å². The van der Waals surface area contributed by atoms with E-state index in [1.165, 1.54) is 0 Å². The number of rotatable bonds is 5. The van der Waals surface area contributed by atoms with E-state index in [0.29, 0.717) is 25.8 Å². The highest BCUT2D eigenvalue weighted by atomic mass is 32.1. The van der Waals surface area contributed by atoms with Crippen LogP contribution in [0.2, 0.25) is 0 Å². The van der Waals surface area contributed by atoms with Crippen LogP contribution in [0.5, 0.6) is 6.01 Å². The van der Waals surface area contributed by atoms with E-state index in [4.69, 9.17) is 19.4 Å². The molecule has 0 N–H and O–H groups in total. The highest BCUT2D eigenvalue weighted by molar-refractivity contribution is 7.16. The number of hydrogen-bond donors (Lipinski definition) is 0. The largest absolute Gasteiger partial charge is 0.455 e. The van der Waals surface area contributed by atoms with E-state index in [0.717, 1.165) is 46.2 Å². The zero-order valence-electron chi connectivity index (χ0n) is 16.1. The molecule has 1 aliphatic rings. The minimum Gasteiger partial charge on any atom is -0.455 e. The molecule has 0 amide bonds. The maximum absolute atomic E-state index is 5.97. The highest BCUT2D eigenvalue weighted by Gasteiger charge is 2.19. The predicted molar refractivity (Wildman–Crippen MR) is 113 cm³/mol. The molecule has 4 aromatic rings. The number of thiophene rings is 1. The number of imidazole rings is 1. The first-order valence-electron chi connectivity index (χ1n) is 9.56. The van der Waals surface area contributed by atoms with Crippen LogP contribution in [-0.4, -0.2) is 45.8 Å². The quantitative estimate of drug-likeness (QED) is 0.504. The van der Waals surface area contributed by atoms with Gasteiger partial charge in [-0.1, -0.05) is 30.3 Å². The Labute approximate surface area is 172 Å². The summed E-state index contributed by atoms with van der Waals surface area (Å²) in [6.07, 6.45) is 2.01. The number of morpholine rings is 1. The topological polar surface area (TPSA) is 65.3 Å². The van der Waals surface area contributed by atoms with Gasteiger partial charge in [-0.2, -0.15) is 9.97 Å². The van der Waals surface area contributed by atoms with E-state index >= 15 is 0 Å². The molecule has 0 atom stereocenters. The van der Waals surface area contributed by atoms with Gasteiger partial charge in [-0.25, -0.2) is 4.98 Å². The monoisotopic (exact) mass is 407 g/mol. The Hall–Kier alpha value is -2.97. The molecule has 1 aliphatic heterocycles. The fourth-order valence-electron chi connectivity index (χ4n) is 3.42. The molecular weight excluding hydrogens is 386 g/mol. The molecule has 8 heteroatoms. The summed E-state index contributed by atoms with van der Waals surface area (Å²) in [5.74, 6) is 1.74. The lowest BCUT2D eigenvalue weighted by molar-refractivity contribution is 0.122. The smallest absolute Gasteiger partial charge is 0.320 e. The molecular formula is C21H21N5O2S. The van der Waals surface area contributed by atoms with Gasteiger partial charge in [0.25, 0.3) is 0 Å². The van der Waals surface area contributed by atoms with Gasteiger partial charge < -0.3 is 18.9 Å². The summed E-state index contributed by atoms with van der Waals surface area (Å²) < 4.78 is 13.4. The first-order valence-corrected chi connectivity index (χ1v) is 10.4. The van der Waals surface area contributed by atoms with Crippen LogP contribution in [0.25, 0.3) is 21.5 Å². The normalized spacial score (nSPS) is 14.4. The van der Waals surface area contributed by atoms with Crippen molar-refractivity contribution in [3.8, 4) is 17.3 Å². The van der Waals surface area contributed by atoms with Gasteiger partial charge in [0.2, 0.25) is 0 Å². The van der Waals surface area contributed by atoms with Crippen molar-refractivity contribution in [2.24, 2.45) is 7.05 Å². The van der Waals surface area contributed by atoms with Crippen molar-refractivity contribution in [3.63, 3.8) is 0 Å². The van der Waals surface area contributed by atoms with Gasteiger partial charge in [-0.05, 0) is 11.4 Å². The van der Waals surface area contributed by atoms with Gasteiger partial charge in [0.1, 0.15) is 23.1 Å².